The van der Waals surface area contributed by atoms with Gasteiger partial charge in [0.1, 0.15) is 23.3 Å². The van der Waals surface area contributed by atoms with Crippen LogP contribution in [0.3, 0.4) is 0 Å². The summed E-state index contributed by atoms with van der Waals surface area (Å²) in [6.07, 6.45) is 1.05. The van der Waals surface area contributed by atoms with E-state index in [-0.39, 0.29) is 0 Å². The highest BCUT2D eigenvalue weighted by atomic mass is 35.5. The first-order chi connectivity index (χ1) is 15.2. The number of anilines is 2. The number of para-hydroxylation sites is 1. The van der Waals surface area contributed by atoms with Crippen molar-refractivity contribution in [2.24, 2.45) is 0 Å². The van der Waals surface area contributed by atoms with E-state index in [1.54, 1.807) is 36.4 Å². The number of halogens is 1. The van der Waals surface area contributed by atoms with Crippen LogP contribution in [-0.4, -0.2) is 33.7 Å². The van der Waals surface area contributed by atoms with E-state index in [4.69, 9.17) is 21.1 Å². The number of amides is 1. The number of hydrogen-bond acceptors (Lipinski definition) is 5. The number of hydrogen-bond donors (Lipinski definition) is 1. The molecule has 0 bridgehead atoms. The third-order valence-corrected chi connectivity index (χ3v) is 6.11. The Morgan fingerprint density at radius 2 is 1.62 bits per heavy atom. The normalized spacial score (nSPS) is 12.0. The molecule has 168 valence electrons. The topological polar surface area (TPSA) is 84.9 Å². The van der Waals surface area contributed by atoms with Crippen molar-refractivity contribution in [3.05, 3.63) is 77.8 Å². The molecule has 3 aromatic carbocycles. The average Bonchev–Trinajstić information content (AvgIpc) is 2.75. The standard InChI is InChI=1S/C23H23ClN2O5S/c1-16(23(27)25-17-9-14-22(30-2)21(24)15-17)26(32(3,28)29)18-10-12-20(13-11-18)31-19-7-5-4-6-8-19/h4-16H,1-3H3,(H,25,27)/t16-/m1/s1. The number of carbonyl (C=O) groups is 1. The maximum absolute atomic E-state index is 12.8. The number of nitrogens with zero attached hydrogens (tertiary/aromatic N) is 1. The molecule has 0 aliphatic heterocycles. The summed E-state index contributed by atoms with van der Waals surface area (Å²) in [5.41, 5.74) is 0.760. The zero-order valence-corrected chi connectivity index (χ0v) is 19.4. The Labute approximate surface area is 192 Å². The largest absolute Gasteiger partial charge is 0.495 e. The first-order valence-corrected chi connectivity index (χ1v) is 11.9. The Balaban J connectivity index is 1.79. The van der Waals surface area contributed by atoms with Crippen molar-refractivity contribution < 1.29 is 22.7 Å². The number of sulfonamides is 1. The van der Waals surface area contributed by atoms with Crippen LogP contribution in [0.5, 0.6) is 17.2 Å². The van der Waals surface area contributed by atoms with E-state index in [2.05, 4.69) is 5.32 Å². The Hall–Kier alpha value is -3.23. The summed E-state index contributed by atoms with van der Waals surface area (Å²) in [7, 11) is -2.27. The summed E-state index contributed by atoms with van der Waals surface area (Å²) in [5.74, 6) is 1.15. The van der Waals surface area contributed by atoms with Crippen molar-refractivity contribution in [2.75, 3.05) is 23.0 Å². The lowest BCUT2D eigenvalue weighted by Crippen LogP contribution is -2.45. The van der Waals surface area contributed by atoms with Gasteiger partial charge in [-0.25, -0.2) is 8.42 Å². The highest BCUT2D eigenvalue weighted by Gasteiger charge is 2.29. The van der Waals surface area contributed by atoms with Crippen LogP contribution >= 0.6 is 11.6 Å². The van der Waals surface area contributed by atoms with Gasteiger partial charge in [0.25, 0.3) is 0 Å². The minimum absolute atomic E-state index is 0.326. The van der Waals surface area contributed by atoms with E-state index in [9.17, 15) is 13.2 Å². The fourth-order valence-electron chi connectivity index (χ4n) is 3.09. The quantitative estimate of drug-likeness (QED) is 0.500. The van der Waals surface area contributed by atoms with E-state index >= 15 is 0 Å². The van der Waals surface area contributed by atoms with Crippen molar-refractivity contribution in [3.8, 4) is 17.2 Å². The molecule has 0 aliphatic carbocycles. The van der Waals surface area contributed by atoms with Crippen LogP contribution in [0.1, 0.15) is 6.92 Å². The molecule has 0 radical (unpaired) electrons. The molecule has 3 rings (SSSR count). The molecule has 1 amide bonds. The summed E-state index contributed by atoms with van der Waals surface area (Å²) >= 11 is 6.10. The molecule has 7 nitrogen and oxygen atoms in total. The molecule has 0 aromatic heterocycles. The molecule has 0 saturated carbocycles. The summed E-state index contributed by atoms with van der Waals surface area (Å²) in [4.78, 5) is 12.8. The summed E-state index contributed by atoms with van der Waals surface area (Å²) in [6.45, 7) is 1.51. The fourth-order valence-corrected chi connectivity index (χ4v) is 4.52. The molecule has 32 heavy (non-hydrogen) atoms. The second kappa shape index (κ2) is 9.93. The number of rotatable bonds is 8. The predicted molar refractivity (Wildman–Crippen MR) is 126 cm³/mol. The van der Waals surface area contributed by atoms with Gasteiger partial charge in [-0.3, -0.25) is 9.10 Å². The van der Waals surface area contributed by atoms with Gasteiger partial charge in [0.05, 0.1) is 24.1 Å². The zero-order chi connectivity index (χ0) is 23.3. The summed E-state index contributed by atoms with van der Waals surface area (Å²) in [5, 5.41) is 3.02. The maximum Gasteiger partial charge on any atom is 0.247 e. The molecule has 1 atom stereocenters. The van der Waals surface area contributed by atoms with Crippen molar-refractivity contribution >= 4 is 38.9 Å². The van der Waals surface area contributed by atoms with Gasteiger partial charge >= 0.3 is 0 Å². The second-order valence-electron chi connectivity index (χ2n) is 6.98. The fraction of sp³-hybridized carbons (Fsp3) is 0.174. The van der Waals surface area contributed by atoms with Crippen LogP contribution in [0.2, 0.25) is 5.02 Å². The number of benzene rings is 3. The Morgan fingerprint density at radius 3 is 2.19 bits per heavy atom. The van der Waals surface area contributed by atoms with Crippen LogP contribution in [0, 0.1) is 0 Å². The summed E-state index contributed by atoms with van der Waals surface area (Å²) in [6, 6.07) is 19.4. The number of ether oxygens (including phenoxy) is 2. The van der Waals surface area contributed by atoms with Crippen LogP contribution in [0.15, 0.2) is 72.8 Å². The van der Waals surface area contributed by atoms with Gasteiger partial charge in [0.15, 0.2) is 0 Å². The molecule has 0 unspecified atom stereocenters. The van der Waals surface area contributed by atoms with Crippen molar-refractivity contribution in [3.63, 3.8) is 0 Å². The molecule has 0 heterocycles. The van der Waals surface area contributed by atoms with Gasteiger partial charge < -0.3 is 14.8 Å². The molecule has 3 aromatic rings. The van der Waals surface area contributed by atoms with Crippen LogP contribution in [0.4, 0.5) is 11.4 Å². The molecule has 0 saturated heterocycles. The van der Waals surface area contributed by atoms with Gasteiger partial charge in [-0.15, -0.1) is 0 Å². The lowest BCUT2D eigenvalue weighted by molar-refractivity contribution is -0.116. The smallest absolute Gasteiger partial charge is 0.247 e. The molecule has 0 spiro atoms. The minimum atomic E-state index is -3.76. The van der Waals surface area contributed by atoms with Crippen molar-refractivity contribution in [2.45, 2.75) is 13.0 Å². The van der Waals surface area contributed by atoms with E-state index in [1.807, 2.05) is 30.3 Å². The SMILES string of the molecule is COc1ccc(NC(=O)[C@@H](C)N(c2ccc(Oc3ccccc3)cc2)S(C)(=O)=O)cc1Cl. The first kappa shape index (κ1) is 23.4. The highest BCUT2D eigenvalue weighted by Crippen LogP contribution is 2.29. The highest BCUT2D eigenvalue weighted by molar-refractivity contribution is 7.92. The number of nitrogens with one attached hydrogen (secondary N) is 1. The van der Waals surface area contributed by atoms with Gasteiger partial charge in [-0.05, 0) is 61.5 Å². The number of methoxy groups -OCH3 is 1. The van der Waals surface area contributed by atoms with Crippen LogP contribution in [-0.2, 0) is 14.8 Å². The van der Waals surface area contributed by atoms with Crippen molar-refractivity contribution in [1.29, 1.82) is 0 Å². The Morgan fingerprint density at radius 1 is 1.00 bits per heavy atom. The van der Waals surface area contributed by atoms with Crippen LogP contribution < -0.4 is 19.1 Å². The lowest BCUT2D eigenvalue weighted by Gasteiger charge is -2.28. The minimum Gasteiger partial charge on any atom is -0.495 e. The van der Waals surface area contributed by atoms with E-state index in [0.29, 0.717) is 33.6 Å². The van der Waals surface area contributed by atoms with E-state index in [0.717, 1.165) is 10.6 Å². The second-order valence-corrected chi connectivity index (χ2v) is 9.25. The van der Waals surface area contributed by atoms with Gasteiger partial charge in [-0.1, -0.05) is 29.8 Å². The molecular weight excluding hydrogens is 452 g/mol. The average molecular weight is 475 g/mol. The van der Waals surface area contributed by atoms with Gasteiger partial charge in [-0.2, -0.15) is 0 Å². The molecule has 9 heteroatoms. The first-order valence-electron chi connectivity index (χ1n) is 9.66. The van der Waals surface area contributed by atoms with Gasteiger partial charge in [0, 0.05) is 5.69 Å². The van der Waals surface area contributed by atoms with E-state index in [1.165, 1.54) is 20.1 Å². The maximum atomic E-state index is 12.8. The zero-order valence-electron chi connectivity index (χ0n) is 17.8. The third kappa shape index (κ3) is 5.72. The monoisotopic (exact) mass is 474 g/mol. The lowest BCUT2D eigenvalue weighted by atomic mass is 10.2. The van der Waals surface area contributed by atoms with Crippen LogP contribution in [0.25, 0.3) is 0 Å². The third-order valence-electron chi connectivity index (χ3n) is 4.58. The predicted octanol–water partition coefficient (Wildman–Crippen LogP) is 4.93. The Bertz CT molecular complexity index is 1180. The summed E-state index contributed by atoms with van der Waals surface area (Å²) < 4.78 is 36.9. The van der Waals surface area contributed by atoms with E-state index < -0.39 is 22.0 Å². The molecule has 0 fully saturated rings. The molecular formula is C23H23ClN2O5S. The number of carbonyl (C=O) groups excluding carboxylic acids is 1. The Kier molecular flexibility index (Phi) is 7.27. The van der Waals surface area contributed by atoms with Crippen molar-refractivity contribution in [1.82, 2.24) is 0 Å². The molecule has 0 aliphatic rings. The molecule has 1 N–H and O–H groups in total. The van der Waals surface area contributed by atoms with Gasteiger partial charge in [0.2, 0.25) is 15.9 Å².